The minimum Gasteiger partial charge on any atom is -0.378 e. The zero-order valence-electron chi connectivity index (χ0n) is 20.6. The third kappa shape index (κ3) is 11.2. The lowest BCUT2D eigenvalue weighted by atomic mass is 10.1. The molecule has 1 amide bonds. The predicted octanol–water partition coefficient (Wildman–Crippen LogP) is 1.91. The van der Waals surface area contributed by atoms with Crippen molar-refractivity contribution in [3.05, 3.63) is 29.8 Å². The highest BCUT2D eigenvalue weighted by atomic mass is 16.5. The number of carbonyl (C=O) groups is 1. The van der Waals surface area contributed by atoms with Gasteiger partial charge in [0.15, 0.2) is 0 Å². The normalized spacial score (nSPS) is 11.0. The molecular weight excluding hydrogens is 436 g/mol. The summed E-state index contributed by atoms with van der Waals surface area (Å²) in [7, 11) is 0. The summed E-state index contributed by atoms with van der Waals surface area (Å²) in [6.45, 7) is 11.0. The second-order valence-corrected chi connectivity index (χ2v) is 8.27. The molecule has 2 rings (SSSR count). The number of nitrogens with zero attached hydrogens (tertiary/aromatic N) is 3. The molecule has 0 spiro atoms. The summed E-state index contributed by atoms with van der Waals surface area (Å²) in [5.41, 5.74) is 7.05. The Hall–Kier alpha value is -3.02. The van der Waals surface area contributed by atoms with Gasteiger partial charge in [-0.25, -0.2) is 0 Å². The fourth-order valence-electron chi connectivity index (χ4n) is 2.83. The lowest BCUT2D eigenvalue weighted by Crippen LogP contribution is -2.29. The van der Waals surface area contributed by atoms with Crippen LogP contribution in [-0.2, 0) is 20.7 Å². The molecule has 0 aliphatic heterocycles. The first-order valence-electron chi connectivity index (χ1n) is 11.6. The first-order chi connectivity index (χ1) is 16.4. The number of hydrogen-bond acceptors (Lipinski definition) is 10. The van der Waals surface area contributed by atoms with Crippen molar-refractivity contribution in [1.29, 1.82) is 0 Å². The van der Waals surface area contributed by atoms with E-state index in [1.807, 2.05) is 52.0 Å². The van der Waals surface area contributed by atoms with Crippen LogP contribution in [0.1, 0.15) is 33.3 Å². The van der Waals surface area contributed by atoms with Crippen LogP contribution in [-0.4, -0.2) is 72.5 Å². The van der Waals surface area contributed by atoms with Crippen LogP contribution in [0.5, 0.6) is 0 Å². The van der Waals surface area contributed by atoms with Crippen LogP contribution in [0.2, 0.25) is 0 Å². The standard InChI is InChI=1S/C23H38N8O3/c1-16(2)26-21-29-22(27-17(3)4)31-23(30-21)28-19-7-5-18(6-8-19)15-20(32)25-10-12-34-14-13-33-11-9-24/h5-8,16-17H,9-15,24H2,1-4H3,(H,25,32)(H3,26,27,28,29,30,31). The van der Waals surface area contributed by atoms with Gasteiger partial charge in [-0.3, -0.25) is 4.79 Å². The van der Waals surface area contributed by atoms with Crippen molar-refractivity contribution in [2.24, 2.45) is 5.73 Å². The van der Waals surface area contributed by atoms with Gasteiger partial charge in [-0.1, -0.05) is 12.1 Å². The van der Waals surface area contributed by atoms with Crippen LogP contribution in [0.25, 0.3) is 0 Å². The average molecular weight is 475 g/mol. The Bertz CT molecular complexity index is 834. The molecule has 1 heterocycles. The Kier molecular flexibility index (Phi) is 12.0. The van der Waals surface area contributed by atoms with E-state index < -0.39 is 0 Å². The van der Waals surface area contributed by atoms with Crippen molar-refractivity contribution in [2.75, 3.05) is 55.5 Å². The van der Waals surface area contributed by atoms with E-state index in [0.717, 1.165) is 11.3 Å². The van der Waals surface area contributed by atoms with Gasteiger partial charge in [0, 0.05) is 30.9 Å². The number of nitrogens with one attached hydrogen (secondary N) is 4. The van der Waals surface area contributed by atoms with Crippen molar-refractivity contribution >= 4 is 29.4 Å². The number of anilines is 4. The van der Waals surface area contributed by atoms with E-state index in [4.69, 9.17) is 15.2 Å². The highest BCUT2D eigenvalue weighted by Crippen LogP contribution is 2.17. The minimum absolute atomic E-state index is 0.0602. The second-order valence-electron chi connectivity index (χ2n) is 8.27. The molecule has 0 atom stereocenters. The van der Waals surface area contributed by atoms with Gasteiger partial charge in [0.05, 0.1) is 32.8 Å². The van der Waals surface area contributed by atoms with Gasteiger partial charge in [0.1, 0.15) is 0 Å². The van der Waals surface area contributed by atoms with Crippen molar-refractivity contribution in [2.45, 2.75) is 46.2 Å². The molecular formula is C23H38N8O3. The molecule has 0 radical (unpaired) electrons. The number of ether oxygens (including phenoxy) is 2. The Balaban J connectivity index is 1.83. The largest absolute Gasteiger partial charge is 0.378 e. The molecule has 2 aromatic rings. The highest BCUT2D eigenvalue weighted by molar-refractivity contribution is 5.78. The second kappa shape index (κ2) is 15.0. The Morgan fingerprint density at radius 1 is 0.853 bits per heavy atom. The minimum atomic E-state index is -0.0602. The van der Waals surface area contributed by atoms with Gasteiger partial charge in [-0.2, -0.15) is 15.0 Å². The maximum Gasteiger partial charge on any atom is 0.233 e. The van der Waals surface area contributed by atoms with Crippen molar-refractivity contribution in [3.8, 4) is 0 Å². The van der Waals surface area contributed by atoms with Gasteiger partial charge < -0.3 is 36.5 Å². The number of aromatic nitrogens is 3. The monoisotopic (exact) mass is 474 g/mol. The lowest BCUT2D eigenvalue weighted by molar-refractivity contribution is -0.120. The third-order valence-corrected chi connectivity index (χ3v) is 4.25. The molecule has 0 saturated heterocycles. The molecule has 1 aromatic carbocycles. The maximum absolute atomic E-state index is 12.2. The SMILES string of the molecule is CC(C)Nc1nc(Nc2ccc(CC(=O)NCCOCCOCCN)cc2)nc(NC(C)C)n1. The van der Waals surface area contributed by atoms with E-state index in [0.29, 0.717) is 57.4 Å². The molecule has 188 valence electrons. The van der Waals surface area contributed by atoms with Gasteiger partial charge in [0.25, 0.3) is 0 Å². The zero-order chi connectivity index (χ0) is 24.8. The summed E-state index contributed by atoms with van der Waals surface area (Å²) in [6.07, 6.45) is 0.288. The molecule has 0 fully saturated rings. The summed E-state index contributed by atoms with van der Waals surface area (Å²) >= 11 is 0. The third-order valence-electron chi connectivity index (χ3n) is 4.25. The summed E-state index contributed by atoms with van der Waals surface area (Å²) in [6, 6.07) is 7.96. The molecule has 0 bridgehead atoms. The summed E-state index contributed by atoms with van der Waals surface area (Å²) in [5.74, 6) is 1.36. The van der Waals surface area contributed by atoms with Crippen LogP contribution < -0.4 is 27.0 Å². The van der Waals surface area contributed by atoms with Gasteiger partial charge in [-0.05, 0) is 45.4 Å². The van der Waals surface area contributed by atoms with Crippen LogP contribution in [0, 0.1) is 0 Å². The molecule has 0 saturated carbocycles. The maximum atomic E-state index is 12.2. The van der Waals surface area contributed by atoms with Crippen LogP contribution in [0.4, 0.5) is 23.5 Å². The fraction of sp³-hybridized carbons (Fsp3) is 0.565. The number of nitrogens with two attached hydrogens (primary N) is 1. The summed E-state index contributed by atoms with van der Waals surface area (Å²) < 4.78 is 10.6. The lowest BCUT2D eigenvalue weighted by Gasteiger charge is -2.14. The van der Waals surface area contributed by atoms with Crippen LogP contribution >= 0.6 is 0 Å². The predicted molar refractivity (Wildman–Crippen MR) is 134 cm³/mol. The number of rotatable bonds is 16. The number of carbonyl (C=O) groups excluding carboxylic acids is 1. The fourth-order valence-corrected chi connectivity index (χ4v) is 2.83. The van der Waals surface area contributed by atoms with Gasteiger partial charge >= 0.3 is 0 Å². The van der Waals surface area contributed by atoms with Crippen molar-refractivity contribution in [3.63, 3.8) is 0 Å². The molecule has 0 unspecified atom stereocenters. The number of benzene rings is 1. The summed E-state index contributed by atoms with van der Waals surface area (Å²) in [5, 5.41) is 12.5. The quantitative estimate of drug-likeness (QED) is 0.228. The smallest absolute Gasteiger partial charge is 0.233 e. The molecule has 11 heteroatoms. The Morgan fingerprint density at radius 3 is 1.97 bits per heavy atom. The zero-order valence-corrected chi connectivity index (χ0v) is 20.6. The first kappa shape index (κ1) is 27.2. The molecule has 34 heavy (non-hydrogen) atoms. The number of hydrogen-bond donors (Lipinski definition) is 5. The van der Waals surface area contributed by atoms with E-state index >= 15 is 0 Å². The Morgan fingerprint density at radius 2 is 1.41 bits per heavy atom. The summed E-state index contributed by atoms with van der Waals surface area (Å²) in [4.78, 5) is 25.4. The van der Waals surface area contributed by atoms with Gasteiger partial charge in [-0.15, -0.1) is 0 Å². The van der Waals surface area contributed by atoms with E-state index in [1.54, 1.807) is 0 Å². The molecule has 6 N–H and O–H groups in total. The van der Waals surface area contributed by atoms with E-state index in [9.17, 15) is 4.79 Å². The van der Waals surface area contributed by atoms with Crippen LogP contribution in [0.15, 0.2) is 24.3 Å². The topological polar surface area (TPSA) is 148 Å². The van der Waals surface area contributed by atoms with Crippen molar-refractivity contribution in [1.82, 2.24) is 20.3 Å². The van der Waals surface area contributed by atoms with E-state index in [-0.39, 0.29) is 24.4 Å². The highest BCUT2D eigenvalue weighted by Gasteiger charge is 2.09. The first-order valence-corrected chi connectivity index (χ1v) is 11.6. The molecule has 0 aliphatic rings. The molecule has 1 aromatic heterocycles. The van der Waals surface area contributed by atoms with E-state index in [2.05, 4.69) is 36.2 Å². The van der Waals surface area contributed by atoms with E-state index in [1.165, 1.54) is 0 Å². The van der Waals surface area contributed by atoms with Crippen molar-refractivity contribution < 1.29 is 14.3 Å². The number of amides is 1. The van der Waals surface area contributed by atoms with Crippen LogP contribution in [0.3, 0.4) is 0 Å². The Labute approximate surface area is 201 Å². The molecule has 11 nitrogen and oxygen atoms in total. The average Bonchev–Trinajstić information content (AvgIpc) is 2.76. The molecule has 0 aliphatic carbocycles. The van der Waals surface area contributed by atoms with Gasteiger partial charge in [0.2, 0.25) is 23.8 Å².